The molecule has 11 amide bonds. The van der Waals surface area contributed by atoms with Crippen molar-refractivity contribution in [3.05, 3.63) is 88.0 Å². The van der Waals surface area contributed by atoms with Crippen LogP contribution >= 0.6 is 0 Å². The number of benzene rings is 3. The molecule has 3 aromatic carbocycles. The van der Waals surface area contributed by atoms with Gasteiger partial charge in [0.2, 0.25) is 29.5 Å². The van der Waals surface area contributed by atoms with E-state index in [4.69, 9.17) is 17.2 Å². The van der Waals surface area contributed by atoms with Gasteiger partial charge >= 0.3 is 0 Å². The molecule has 0 spiro atoms. The zero-order valence-corrected chi connectivity index (χ0v) is 31.9. The highest BCUT2D eigenvalue weighted by molar-refractivity contribution is 6.27. The van der Waals surface area contributed by atoms with Gasteiger partial charge in [-0.15, -0.1) is 0 Å². The van der Waals surface area contributed by atoms with Crippen LogP contribution in [-0.4, -0.2) is 97.3 Å². The Hall–Kier alpha value is -7.77. The molecular weight excluding hydrogens is 782 g/mol. The summed E-state index contributed by atoms with van der Waals surface area (Å²) in [5, 5.41) is 6.57. The SMILES string of the molecule is CC1(N2C(=O)c3cccc(N)c3C2=O)CCC(=O)NC1=O.Nc1cccc2c1C(=O)N(C1CCC(=O)NC1=O)C2=O.Nc1cccc2c1CN(C1CCC(=O)NC1=O)C2=O. The van der Waals surface area contributed by atoms with E-state index in [9.17, 15) is 52.7 Å². The average Bonchev–Trinajstić information content (AvgIpc) is 3.77. The van der Waals surface area contributed by atoms with E-state index in [0.29, 0.717) is 24.2 Å². The van der Waals surface area contributed by atoms with Gasteiger partial charge in [0.15, 0.2) is 0 Å². The van der Waals surface area contributed by atoms with E-state index < -0.39 is 70.8 Å². The quantitative estimate of drug-likeness (QED) is 0.147. The molecule has 3 fully saturated rings. The third kappa shape index (κ3) is 6.76. The van der Waals surface area contributed by atoms with Crippen LogP contribution in [-0.2, 0) is 35.3 Å². The number of amides is 11. The van der Waals surface area contributed by atoms with Crippen LogP contribution in [0.4, 0.5) is 17.1 Å². The molecule has 0 aliphatic carbocycles. The summed E-state index contributed by atoms with van der Waals surface area (Å²) in [5.41, 5.74) is 18.8. The van der Waals surface area contributed by atoms with E-state index in [0.717, 1.165) is 15.4 Å². The summed E-state index contributed by atoms with van der Waals surface area (Å²) in [6, 6.07) is 12.8. The molecule has 3 atom stereocenters. The molecule has 60 heavy (non-hydrogen) atoms. The second kappa shape index (κ2) is 15.2. The highest BCUT2D eigenvalue weighted by Gasteiger charge is 2.53. The lowest BCUT2D eigenvalue weighted by Gasteiger charge is -2.38. The summed E-state index contributed by atoms with van der Waals surface area (Å²) in [6.07, 6.45) is 1.03. The third-order valence-electron chi connectivity index (χ3n) is 11.1. The maximum atomic E-state index is 12.5. The summed E-state index contributed by atoms with van der Waals surface area (Å²) in [7, 11) is 0. The Balaban J connectivity index is 0.000000136. The van der Waals surface area contributed by atoms with Gasteiger partial charge in [0, 0.05) is 54.0 Å². The number of nitrogens with one attached hydrogen (secondary N) is 3. The van der Waals surface area contributed by atoms with E-state index in [1.807, 2.05) is 0 Å². The number of rotatable bonds is 3. The summed E-state index contributed by atoms with van der Waals surface area (Å²) in [5.74, 6) is -5.27. The summed E-state index contributed by atoms with van der Waals surface area (Å²) in [4.78, 5) is 134. The smallest absolute Gasteiger partial charge is 0.264 e. The highest BCUT2D eigenvalue weighted by Crippen LogP contribution is 2.36. The van der Waals surface area contributed by atoms with Crippen molar-refractivity contribution < 1.29 is 52.7 Å². The lowest BCUT2D eigenvalue weighted by molar-refractivity contribution is -0.141. The number of nitrogen functional groups attached to an aromatic ring is 3. The van der Waals surface area contributed by atoms with E-state index in [2.05, 4.69) is 16.0 Å². The first kappa shape index (κ1) is 40.4. The van der Waals surface area contributed by atoms with Gasteiger partial charge in [-0.3, -0.25) is 78.5 Å². The minimum atomic E-state index is -1.38. The predicted molar refractivity (Wildman–Crippen MR) is 207 cm³/mol. The van der Waals surface area contributed by atoms with Crippen molar-refractivity contribution in [2.75, 3.05) is 17.2 Å². The molecule has 20 heteroatoms. The van der Waals surface area contributed by atoms with Crippen LogP contribution in [0.15, 0.2) is 54.6 Å². The van der Waals surface area contributed by atoms with E-state index >= 15 is 0 Å². The highest BCUT2D eigenvalue weighted by atomic mass is 16.2. The van der Waals surface area contributed by atoms with Gasteiger partial charge in [-0.2, -0.15) is 0 Å². The second-order valence-electron chi connectivity index (χ2n) is 14.9. The van der Waals surface area contributed by atoms with E-state index in [1.54, 1.807) is 30.3 Å². The second-order valence-corrected chi connectivity index (χ2v) is 14.9. The van der Waals surface area contributed by atoms with Crippen molar-refractivity contribution in [2.45, 2.75) is 69.6 Å². The van der Waals surface area contributed by atoms with Crippen LogP contribution in [0.5, 0.6) is 0 Å². The Bertz CT molecular complexity index is 2520. The standard InChI is InChI=1S/C14H13N3O4.C13H11N3O4.C13H13N3O3/c1-14(6-5-9(18)16-13(14)21)17-11(19)7-3-2-4-8(15)10(7)12(17)20;14-7-3-1-2-6-10(7)13(20)16(12(6)19)8-4-5-9(17)15-11(8)18;14-9-3-1-2-7-8(9)6-16(13(7)19)10-4-5-11(17)15-12(10)18/h2-4H,5-6,15H2,1H3,(H,16,18,21);1-3,8H,4-5,14H2,(H,15,17,18);1-3,10H,4-6,14H2,(H,15,17,18). The van der Waals surface area contributed by atoms with E-state index in [-0.39, 0.29) is 77.5 Å². The molecule has 9 N–H and O–H groups in total. The number of nitrogens with two attached hydrogens (primary N) is 3. The van der Waals surface area contributed by atoms with Crippen molar-refractivity contribution in [3.63, 3.8) is 0 Å². The maximum absolute atomic E-state index is 12.5. The molecular formula is C40H37N9O11. The number of carbonyl (C=O) groups excluding carboxylic acids is 11. The number of hydrogen-bond donors (Lipinski definition) is 6. The van der Waals surface area contributed by atoms with Crippen molar-refractivity contribution in [3.8, 4) is 0 Å². The van der Waals surface area contributed by atoms with Crippen LogP contribution in [0.2, 0.25) is 0 Å². The summed E-state index contributed by atoms with van der Waals surface area (Å²) < 4.78 is 0. The Labute approximate surface area is 339 Å². The monoisotopic (exact) mass is 819 g/mol. The molecule has 0 aromatic heterocycles. The molecule has 3 aromatic rings. The molecule has 9 rings (SSSR count). The first-order valence-corrected chi connectivity index (χ1v) is 18.7. The fourth-order valence-corrected chi connectivity index (χ4v) is 7.92. The fourth-order valence-electron chi connectivity index (χ4n) is 7.92. The minimum absolute atomic E-state index is 0.0745. The van der Waals surface area contributed by atoms with E-state index in [1.165, 1.54) is 36.1 Å². The zero-order valence-electron chi connectivity index (χ0n) is 31.9. The first-order chi connectivity index (χ1) is 28.4. The summed E-state index contributed by atoms with van der Waals surface area (Å²) in [6.45, 7) is 1.81. The first-order valence-electron chi connectivity index (χ1n) is 18.7. The van der Waals surface area contributed by atoms with Gasteiger partial charge < -0.3 is 22.1 Å². The molecule has 3 saturated heterocycles. The van der Waals surface area contributed by atoms with Crippen molar-refractivity contribution in [1.29, 1.82) is 0 Å². The van der Waals surface area contributed by atoms with Gasteiger partial charge in [-0.25, -0.2) is 0 Å². The number of nitrogens with zero attached hydrogens (tertiary/aromatic N) is 3. The van der Waals surface area contributed by atoms with Crippen LogP contribution < -0.4 is 33.2 Å². The van der Waals surface area contributed by atoms with Gasteiger partial charge in [0.1, 0.15) is 17.6 Å². The number of fused-ring (bicyclic) bond motifs is 3. The molecule has 3 unspecified atom stereocenters. The largest absolute Gasteiger partial charge is 0.398 e. The topological polar surface area (TPSA) is 312 Å². The number of imide groups is 5. The zero-order chi connectivity index (χ0) is 43.4. The minimum Gasteiger partial charge on any atom is -0.398 e. The van der Waals surface area contributed by atoms with Crippen molar-refractivity contribution in [2.24, 2.45) is 0 Å². The number of hydrogen-bond acceptors (Lipinski definition) is 14. The Kier molecular flexibility index (Phi) is 10.2. The Morgan fingerprint density at radius 1 is 0.550 bits per heavy atom. The maximum Gasteiger partial charge on any atom is 0.264 e. The van der Waals surface area contributed by atoms with Gasteiger partial charge in [0.25, 0.3) is 35.4 Å². The van der Waals surface area contributed by atoms with Crippen LogP contribution in [0, 0.1) is 0 Å². The van der Waals surface area contributed by atoms with Gasteiger partial charge in [-0.1, -0.05) is 18.2 Å². The Morgan fingerprint density at radius 3 is 1.57 bits per heavy atom. The average molecular weight is 820 g/mol. The predicted octanol–water partition coefficient (Wildman–Crippen LogP) is -0.240. The lowest BCUT2D eigenvalue weighted by Crippen LogP contribution is -2.62. The number of piperidine rings is 3. The molecule has 308 valence electrons. The van der Waals surface area contributed by atoms with Crippen molar-refractivity contribution in [1.82, 2.24) is 30.7 Å². The molecule has 0 saturated carbocycles. The van der Waals surface area contributed by atoms with Crippen LogP contribution in [0.1, 0.15) is 103 Å². The van der Waals surface area contributed by atoms with Gasteiger partial charge in [0.05, 0.1) is 22.3 Å². The number of carbonyl (C=O) groups is 11. The molecule has 20 nitrogen and oxygen atoms in total. The van der Waals surface area contributed by atoms with Crippen molar-refractivity contribution >= 4 is 82.0 Å². The molecule has 6 aliphatic rings. The van der Waals surface area contributed by atoms with Gasteiger partial charge in [-0.05, 0) is 62.6 Å². The Morgan fingerprint density at radius 2 is 1.05 bits per heavy atom. The molecule has 6 aliphatic heterocycles. The summed E-state index contributed by atoms with van der Waals surface area (Å²) >= 11 is 0. The molecule has 0 bridgehead atoms. The van der Waals surface area contributed by atoms with Crippen LogP contribution in [0.3, 0.4) is 0 Å². The van der Waals surface area contributed by atoms with Crippen LogP contribution in [0.25, 0.3) is 0 Å². The molecule has 0 radical (unpaired) electrons. The molecule has 6 heterocycles. The number of anilines is 3. The lowest BCUT2D eigenvalue weighted by atomic mass is 9.89. The third-order valence-corrected chi connectivity index (χ3v) is 11.1. The normalized spacial score (nSPS) is 23.2. The fraction of sp³-hybridized carbons (Fsp3) is 0.275.